The Morgan fingerprint density at radius 1 is 1.11 bits per heavy atom. The zero-order valence-corrected chi connectivity index (χ0v) is 5.82. The van der Waals surface area contributed by atoms with Crippen LogP contribution in [0.4, 0.5) is 0 Å². The van der Waals surface area contributed by atoms with Gasteiger partial charge in [0.25, 0.3) is 0 Å². The van der Waals surface area contributed by atoms with Gasteiger partial charge in [-0.1, -0.05) is 18.9 Å². The highest BCUT2D eigenvalue weighted by atomic mass is 14.4. The van der Waals surface area contributed by atoms with Crippen molar-refractivity contribution >= 4 is 0 Å². The molecule has 2 aliphatic carbocycles. The van der Waals surface area contributed by atoms with E-state index in [0.29, 0.717) is 5.41 Å². The summed E-state index contributed by atoms with van der Waals surface area (Å²) in [6.07, 6.45) is 14.2. The lowest BCUT2D eigenvalue weighted by molar-refractivity contribution is 0.376. The molecule has 0 atom stereocenters. The molecule has 0 aromatic heterocycles. The van der Waals surface area contributed by atoms with Crippen molar-refractivity contribution < 1.29 is 0 Å². The SMILES string of the molecule is [C]1=CCCC12CCCC2. The maximum atomic E-state index is 3.51. The van der Waals surface area contributed by atoms with Gasteiger partial charge in [-0.25, -0.2) is 0 Å². The van der Waals surface area contributed by atoms with Crippen LogP contribution in [0, 0.1) is 11.5 Å². The molecule has 1 saturated carbocycles. The Hall–Kier alpha value is -0.260. The van der Waals surface area contributed by atoms with Crippen LogP contribution >= 0.6 is 0 Å². The maximum Gasteiger partial charge on any atom is -0.00444 e. The minimum Gasteiger partial charge on any atom is -0.0804 e. The van der Waals surface area contributed by atoms with Gasteiger partial charge in [-0.05, 0) is 37.2 Å². The fraction of sp³-hybridized carbons (Fsp3) is 0.778. The van der Waals surface area contributed by atoms with Crippen LogP contribution in [0.1, 0.15) is 38.5 Å². The molecule has 0 nitrogen and oxygen atoms in total. The van der Waals surface area contributed by atoms with Crippen molar-refractivity contribution in [3.63, 3.8) is 0 Å². The molecule has 1 radical (unpaired) electrons. The van der Waals surface area contributed by atoms with Crippen molar-refractivity contribution in [2.24, 2.45) is 5.41 Å². The summed E-state index contributed by atoms with van der Waals surface area (Å²) in [5.41, 5.74) is 0.583. The molecule has 1 fully saturated rings. The highest BCUT2D eigenvalue weighted by Crippen LogP contribution is 2.45. The Bertz CT molecular complexity index is 127. The lowest BCUT2D eigenvalue weighted by Gasteiger charge is -2.18. The van der Waals surface area contributed by atoms with Crippen LogP contribution in [0.3, 0.4) is 0 Å². The third kappa shape index (κ3) is 0.810. The van der Waals surface area contributed by atoms with E-state index in [1.807, 2.05) is 0 Å². The Morgan fingerprint density at radius 3 is 2.44 bits per heavy atom. The smallest absolute Gasteiger partial charge is 0.00444 e. The van der Waals surface area contributed by atoms with Gasteiger partial charge >= 0.3 is 0 Å². The monoisotopic (exact) mass is 121 g/mol. The molecule has 9 heavy (non-hydrogen) atoms. The summed E-state index contributed by atoms with van der Waals surface area (Å²) < 4.78 is 0. The number of allylic oxidation sites excluding steroid dienone is 2. The van der Waals surface area contributed by atoms with Crippen LogP contribution in [-0.2, 0) is 0 Å². The van der Waals surface area contributed by atoms with Crippen LogP contribution in [0.15, 0.2) is 6.08 Å². The lowest BCUT2D eigenvalue weighted by atomic mass is 9.86. The van der Waals surface area contributed by atoms with Crippen LogP contribution < -0.4 is 0 Å². The first-order valence-electron chi connectivity index (χ1n) is 4.01. The molecule has 2 rings (SSSR count). The number of hydrogen-bond acceptors (Lipinski definition) is 0. The molecule has 0 heteroatoms. The molecule has 0 bridgehead atoms. The first-order valence-corrected chi connectivity index (χ1v) is 4.01. The molecular formula is C9H13. The second-order valence-electron chi connectivity index (χ2n) is 3.37. The van der Waals surface area contributed by atoms with Gasteiger partial charge in [0.2, 0.25) is 0 Å². The van der Waals surface area contributed by atoms with Crippen LogP contribution in [0.2, 0.25) is 0 Å². The van der Waals surface area contributed by atoms with E-state index >= 15 is 0 Å². The molecule has 0 aromatic carbocycles. The van der Waals surface area contributed by atoms with Crippen molar-refractivity contribution in [1.29, 1.82) is 0 Å². The Balaban J connectivity index is 2.13. The third-order valence-electron chi connectivity index (χ3n) is 2.74. The highest BCUT2D eigenvalue weighted by Gasteiger charge is 2.32. The van der Waals surface area contributed by atoms with Crippen molar-refractivity contribution in [3.05, 3.63) is 12.2 Å². The van der Waals surface area contributed by atoms with E-state index in [1.165, 1.54) is 38.5 Å². The molecule has 49 valence electrons. The average molecular weight is 121 g/mol. The van der Waals surface area contributed by atoms with Gasteiger partial charge in [0.05, 0.1) is 0 Å². The number of rotatable bonds is 0. The van der Waals surface area contributed by atoms with Crippen molar-refractivity contribution in [3.8, 4) is 0 Å². The minimum atomic E-state index is 0.583. The molecule has 0 unspecified atom stereocenters. The van der Waals surface area contributed by atoms with E-state index in [2.05, 4.69) is 12.2 Å². The first kappa shape index (κ1) is 5.52. The first-order chi connectivity index (χ1) is 4.41. The summed E-state index contributed by atoms with van der Waals surface area (Å²) in [5, 5.41) is 0. The normalized spacial score (nSPS) is 30.2. The number of hydrogen-bond donors (Lipinski definition) is 0. The Morgan fingerprint density at radius 2 is 1.89 bits per heavy atom. The topological polar surface area (TPSA) is 0 Å². The van der Waals surface area contributed by atoms with E-state index in [0.717, 1.165) is 0 Å². The summed E-state index contributed by atoms with van der Waals surface area (Å²) in [7, 11) is 0. The van der Waals surface area contributed by atoms with E-state index in [-0.39, 0.29) is 0 Å². The zero-order chi connectivity index (χ0) is 6.16. The van der Waals surface area contributed by atoms with E-state index in [4.69, 9.17) is 0 Å². The molecule has 2 aliphatic rings. The summed E-state index contributed by atoms with van der Waals surface area (Å²) in [6.45, 7) is 0. The molecule has 0 aliphatic heterocycles. The molecule has 0 amide bonds. The van der Waals surface area contributed by atoms with Gasteiger partial charge < -0.3 is 0 Å². The Kier molecular flexibility index (Phi) is 1.14. The molecule has 0 saturated heterocycles. The predicted molar refractivity (Wildman–Crippen MR) is 37.9 cm³/mol. The van der Waals surface area contributed by atoms with E-state index in [1.54, 1.807) is 0 Å². The molecule has 1 spiro atoms. The Labute approximate surface area is 57.0 Å². The molecular weight excluding hydrogens is 108 g/mol. The average Bonchev–Trinajstić information content (AvgIpc) is 2.45. The predicted octanol–water partition coefficient (Wildman–Crippen LogP) is 2.70. The second kappa shape index (κ2) is 1.86. The summed E-state index contributed by atoms with van der Waals surface area (Å²) in [6, 6.07) is 0. The fourth-order valence-corrected chi connectivity index (χ4v) is 2.16. The maximum absolute atomic E-state index is 3.51. The van der Waals surface area contributed by atoms with E-state index in [9.17, 15) is 0 Å². The summed E-state index contributed by atoms with van der Waals surface area (Å²) in [5.74, 6) is 0. The van der Waals surface area contributed by atoms with Crippen molar-refractivity contribution in [2.45, 2.75) is 38.5 Å². The van der Waals surface area contributed by atoms with Crippen LogP contribution in [-0.4, -0.2) is 0 Å². The van der Waals surface area contributed by atoms with Gasteiger partial charge in [0.15, 0.2) is 0 Å². The summed E-state index contributed by atoms with van der Waals surface area (Å²) >= 11 is 0. The highest BCUT2D eigenvalue weighted by molar-refractivity contribution is 5.02. The van der Waals surface area contributed by atoms with Gasteiger partial charge in [-0.15, -0.1) is 0 Å². The molecule has 0 aromatic rings. The lowest BCUT2D eigenvalue weighted by Crippen LogP contribution is -2.08. The quantitative estimate of drug-likeness (QED) is 0.462. The molecule has 0 N–H and O–H groups in total. The fourth-order valence-electron chi connectivity index (χ4n) is 2.16. The van der Waals surface area contributed by atoms with Gasteiger partial charge in [0, 0.05) is 0 Å². The van der Waals surface area contributed by atoms with Gasteiger partial charge in [-0.3, -0.25) is 0 Å². The van der Waals surface area contributed by atoms with E-state index < -0.39 is 0 Å². The van der Waals surface area contributed by atoms with Crippen LogP contribution in [0.5, 0.6) is 0 Å². The molecule has 0 heterocycles. The van der Waals surface area contributed by atoms with Gasteiger partial charge in [0.1, 0.15) is 0 Å². The minimum absolute atomic E-state index is 0.583. The second-order valence-corrected chi connectivity index (χ2v) is 3.37. The zero-order valence-electron chi connectivity index (χ0n) is 5.82. The van der Waals surface area contributed by atoms with Crippen molar-refractivity contribution in [2.75, 3.05) is 0 Å². The van der Waals surface area contributed by atoms with Gasteiger partial charge in [-0.2, -0.15) is 0 Å². The standard InChI is InChI=1S/C9H13/c1-2-6-9(5-1)7-3-4-8-9/h1H,2-4,6-8H2. The third-order valence-corrected chi connectivity index (χ3v) is 2.74. The largest absolute Gasteiger partial charge is 0.0804 e. The van der Waals surface area contributed by atoms with Crippen LogP contribution in [0.25, 0.3) is 0 Å². The van der Waals surface area contributed by atoms with Crippen molar-refractivity contribution in [1.82, 2.24) is 0 Å². The summed E-state index contributed by atoms with van der Waals surface area (Å²) in [4.78, 5) is 0.